The van der Waals surface area contributed by atoms with Crippen molar-refractivity contribution in [2.45, 2.75) is 57.9 Å². The summed E-state index contributed by atoms with van der Waals surface area (Å²) in [6.07, 6.45) is 5.26. The summed E-state index contributed by atoms with van der Waals surface area (Å²) < 4.78 is 17.0. The summed E-state index contributed by atoms with van der Waals surface area (Å²) in [4.78, 5) is 9.84. The summed E-state index contributed by atoms with van der Waals surface area (Å²) in [5, 5.41) is 0. The Kier molecular flexibility index (Phi) is 3.26. The van der Waals surface area contributed by atoms with E-state index in [1.807, 2.05) is 17.0 Å². The molecule has 2 aliphatic rings. The van der Waals surface area contributed by atoms with E-state index in [0.29, 0.717) is 0 Å². The Morgan fingerprint density at radius 2 is 1.85 bits per heavy atom. The van der Waals surface area contributed by atoms with Gasteiger partial charge in [-0.05, 0) is 56.4 Å². The van der Waals surface area contributed by atoms with Crippen LogP contribution in [0.4, 0.5) is 4.39 Å². The monoisotopic (exact) mass is 361 g/mol. The number of halogens is 1. The molecule has 5 rings (SSSR count). The van der Waals surface area contributed by atoms with Crippen LogP contribution in [0.1, 0.15) is 56.4 Å². The summed E-state index contributed by atoms with van der Waals surface area (Å²) in [6.45, 7) is 8.32. The van der Waals surface area contributed by atoms with Crippen molar-refractivity contribution in [3.63, 3.8) is 0 Å². The number of nitrogens with zero attached hydrogens (tertiary/aromatic N) is 3. The SMILES string of the molecule is CC1(C)N=C(n2cnc3c4c(ccc32)CCC4)c2cccc(F)c2C1(C)C. The van der Waals surface area contributed by atoms with E-state index in [4.69, 9.17) is 9.98 Å². The molecule has 1 aliphatic heterocycles. The number of hydrogen-bond acceptors (Lipinski definition) is 2. The first-order valence-corrected chi connectivity index (χ1v) is 9.69. The molecule has 1 aliphatic carbocycles. The zero-order chi connectivity index (χ0) is 19.0. The highest BCUT2D eigenvalue weighted by Crippen LogP contribution is 2.44. The van der Waals surface area contributed by atoms with E-state index >= 15 is 0 Å². The normalized spacial score (nSPS) is 19.7. The minimum absolute atomic E-state index is 0.164. The maximum atomic E-state index is 14.9. The highest BCUT2D eigenvalue weighted by atomic mass is 19.1. The van der Waals surface area contributed by atoms with Gasteiger partial charge < -0.3 is 0 Å². The van der Waals surface area contributed by atoms with Crippen molar-refractivity contribution in [2.75, 3.05) is 0 Å². The molecule has 0 saturated heterocycles. The highest BCUT2D eigenvalue weighted by molar-refractivity contribution is 6.07. The second-order valence-electron chi connectivity index (χ2n) is 8.82. The van der Waals surface area contributed by atoms with Crippen LogP contribution in [0.25, 0.3) is 11.0 Å². The van der Waals surface area contributed by atoms with E-state index in [9.17, 15) is 4.39 Å². The summed E-state index contributed by atoms with van der Waals surface area (Å²) in [5.74, 6) is 0.623. The molecular formula is C23H24FN3. The van der Waals surface area contributed by atoms with E-state index in [1.165, 1.54) is 17.5 Å². The lowest BCUT2D eigenvalue weighted by Crippen LogP contribution is -2.47. The minimum Gasteiger partial charge on any atom is -0.283 e. The van der Waals surface area contributed by atoms with Crippen molar-refractivity contribution in [1.82, 2.24) is 9.55 Å². The third-order valence-corrected chi connectivity index (χ3v) is 6.82. The van der Waals surface area contributed by atoms with Crippen molar-refractivity contribution in [3.8, 4) is 0 Å². The van der Waals surface area contributed by atoms with Crippen LogP contribution in [0.2, 0.25) is 0 Å². The molecule has 0 amide bonds. The first-order chi connectivity index (χ1) is 12.8. The number of imidazole rings is 1. The molecule has 27 heavy (non-hydrogen) atoms. The molecule has 0 N–H and O–H groups in total. The number of fused-ring (bicyclic) bond motifs is 4. The number of aryl methyl sites for hydroxylation is 2. The predicted molar refractivity (Wildman–Crippen MR) is 107 cm³/mol. The summed E-state index contributed by atoms with van der Waals surface area (Å²) in [7, 11) is 0. The Labute approximate surface area is 159 Å². The van der Waals surface area contributed by atoms with Gasteiger partial charge in [0.15, 0.2) is 0 Å². The first-order valence-electron chi connectivity index (χ1n) is 9.69. The van der Waals surface area contributed by atoms with Gasteiger partial charge in [0.1, 0.15) is 18.0 Å². The van der Waals surface area contributed by atoms with Gasteiger partial charge in [0.05, 0.1) is 16.6 Å². The van der Waals surface area contributed by atoms with E-state index in [1.54, 1.807) is 12.1 Å². The lowest BCUT2D eigenvalue weighted by molar-refractivity contribution is 0.292. The molecule has 138 valence electrons. The molecule has 0 radical (unpaired) electrons. The van der Waals surface area contributed by atoms with Crippen molar-refractivity contribution in [2.24, 2.45) is 4.99 Å². The number of aromatic nitrogens is 2. The van der Waals surface area contributed by atoms with Gasteiger partial charge in [0.25, 0.3) is 0 Å². The Hall–Kier alpha value is -2.49. The average molecular weight is 361 g/mol. The van der Waals surface area contributed by atoms with E-state index in [0.717, 1.165) is 40.8 Å². The van der Waals surface area contributed by atoms with Crippen LogP contribution in [0.15, 0.2) is 41.7 Å². The molecule has 1 aromatic heterocycles. The van der Waals surface area contributed by atoms with Gasteiger partial charge in [0.2, 0.25) is 0 Å². The van der Waals surface area contributed by atoms with Gasteiger partial charge >= 0.3 is 0 Å². The fourth-order valence-electron chi connectivity index (χ4n) is 4.62. The zero-order valence-corrected chi connectivity index (χ0v) is 16.3. The number of rotatable bonds is 0. The van der Waals surface area contributed by atoms with E-state index < -0.39 is 11.0 Å². The summed E-state index contributed by atoms with van der Waals surface area (Å²) in [6, 6.07) is 9.66. The van der Waals surface area contributed by atoms with Crippen molar-refractivity contribution < 1.29 is 4.39 Å². The molecule has 0 bridgehead atoms. The van der Waals surface area contributed by atoms with Gasteiger partial charge in [-0.3, -0.25) is 9.56 Å². The topological polar surface area (TPSA) is 30.2 Å². The summed E-state index contributed by atoms with van der Waals surface area (Å²) >= 11 is 0. The van der Waals surface area contributed by atoms with Crippen molar-refractivity contribution in [1.29, 1.82) is 0 Å². The maximum absolute atomic E-state index is 14.9. The third kappa shape index (κ3) is 2.13. The van der Waals surface area contributed by atoms with Crippen LogP contribution < -0.4 is 0 Å². The standard InChI is InChI=1S/C23H24FN3/c1-22(2)19-16(9-6-10-17(19)24)21(26-23(22,3)4)27-13-25-20-15-8-5-7-14(15)11-12-18(20)27/h6,9-13H,5,7-8H2,1-4H3. The van der Waals surface area contributed by atoms with Gasteiger partial charge in [-0.15, -0.1) is 0 Å². The molecule has 4 heteroatoms. The van der Waals surface area contributed by atoms with Crippen LogP contribution in [-0.2, 0) is 18.3 Å². The Morgan fingerprint density at radius 3 is 2.67 bits per heavy atom. The average Bonchev–Trinajstić information content (AvgIpc) is 3.24. The molecule has 0 spiro atoms. The van der Waals surface area contributed by atoms with Crippen molar-refractivity contribution >= 4 is 16.9 Å². The predicted octanol–water partition coefficient (Wildman–Crippen LogP) is 5.03. The number of aliphatic imine (C=N–C) groups is 1. The van der Waals surface area contributed by atoms with Gasteiger partial charge in [0, 0.05) is 16.5 Å². The molecular weight excluding hydrogens is 337 g/mol. The van der Waals surface area contributed by atoms with Gasteiger partial charge in [-0.25, -0.2) is 9.37 Å². The largest absolute Gasteiger partial charge is 0.283 e. The van der Waals surface area contributed by atoms with Crippen LogP contribution in [0.5, 0.6) is 0 Å². The van der Waals surface area contributed by atoms with E-state index in [2.05, 4.69) is 39.8 Å². The smallest absolute Gasteiger partial charge is 0.141 e. The molecule has 2 heterocycles. The highest BCUT2D eigenvalue weighted by Gasteiger charge is 2.46. The van der Waals surface area contributed by atoms with Crippen LogP contribution in [0, 0.1) is 5.82 Å². The molecule has 0 fully saturated rings. The maximum Gasteiger partial charge on any atom is 0.141 e. The van der Waals surface area contributed by atoms with Gasteiger partial charge in [-0.2, -0.15) is 0 Å². The van der Waals surface area contributed by atoms with Crippen LogP contribution >= 0.6 is 0 Å². The Bertz CT molecular complexity index is 1120. The zero-order valence-electron chi connectivity index (χ0n) is 16.3. The van der Waals surface area contributed by atoms with Gasteiger partial charge in [-0.1, -0.05) is 32.0 Å². The second kappa shape index (κ2) is 5.28. The summed E-state index contributed by atoms with van der Waals surface area (Å²) in [5.41, 5.74) is 5.64. The van der Waals surface area contributed by atoms with Crippen molar-refractivity contribution in [3.05, 3.63) is 64.7 Å². The fraction of sp³-hybridized carbons (Fsp3) is 0.391. The van der Waals surface area contributed by atoms with Crippen LogP contribution in [0.3, 0.4) is 0 Å². The Morgan fingerprint density at radius 1 is 1.04 bits per heavy atom. The molecule has 2 aromatic carbocycles. The third-order valence-electron chi connectivity index (χ3n) is 6.82. The lowest BCUT2D eigenvalue weighted by atomic mass is 9.66. The minimum atomic E-state index is -0.440. The quantitative estimate of drug-likeness (QED) is 0.552. The molecule has 3 nitrogen and oxygen atoms in total. The fourth-order valence-corrected chi connectivity index (χ4v) is 4.62. The lowest BCUT2D eigenvalue weighted by Gasteiger charge is -2.44. The first kappa shape index (κ1) is 16.7. The molecule has 0 saturated carbocycles. The number of hydrogen-bond donors (Lipinski definition) is 0. The second-order valence-corrected chi connectivity index (χ2v) is 8.82. The number of benzene rings is 2. The molecule has 3 aromatic rings. The van der Waals surface area contributed by atoms with Crippen LogP contribution in [-0.4, -0.2) is 20.9 Å². The molecule has 0 atom stereocenters. The van der Waals surface area contributed by atoms with E-state index in [-0.39, 0.29) is 5.82 Å². The Balaban J connectivity index is 1.81. The molecule has 0 unspecified atom stereocenters.